The highest BCUT2D eigenvalue weighted by Crippen LogP contribution is 2.31. The Kier molecular flexibility index (Phi) is 4.30. The van der Waals surface area contributed by atoms with Crippen LogP contribution in [0.3, 0.4) is 0 Å². The first kappa shape index (κ1) is 14.1. The molecular weight excluding hydrogens is 301 g/mol. The maximum absolute atomic E-state index is 5.93. The lowest BCUT2D eigenvalue weighted by molar-refractivity contribution is 0.478. The lowest BCUT2D eigenvalue weighted by Crippen LogP contribution is -2.10. The van der Waals surface area contributed by atoms with Gasteiger partial charge in [0.2, 0.25) is 0 Å². The predicted octanol–water partition coefficient (Wildman–Crippen LogP) is 4.73. The van der Waals surface area contributed by atoms with Gasteiger partial charge in [-0.25, -0.2) is 0 Å². The molecule has 0 saturated heterocycles. The number of hydrogen-bond acceptors (Lipinski definition) is 2. The Balaban J connectivity index is 2.40. The van der Waals surface area contributed by atoms with Gasteiger partial charge in [0.25, 0.3) is 0 Å². The number of aryl methyl sites for hydroxylation is 1. The Bertz CT molecular complexity index is 643. The first-order valence-electron chi connectivity index (χ1n) is 5.51. The van der Waals surface area contributed by atoms with Crippen LogP contribution in [0.25, 0.3) is 0 Å². The minimum absolute atomic E-state index is 0.240. The number of rotatable bonds is 3. The Hall–Kier alpha value is -1.29. The van der Waals surface area contributed by atoms with Gasteiger partial charge in [0, 0.05) is 10.0 Å². The molecular formula is C14H11Cl2NOS. The minimum Gasteiger partial charge on any atom is -0.456 e. The van der Waals surface area contributed by atoms with Gasteiger partial charge in [0.05, 0.1) is 5.56 Å². The second-order valence-corrected chi connectivity index (χ2v) is 5.33. The first-order valence-corrected chi connectivity index (χ1v) is 6.67. The van der Waals surface area contributed by atoms with Crippen molar-refractivity contribution in [1.29, 1.82) is 0 Å². The van der Waals surface area contributed by atoms with Crippen molar-refractivity contribution < 1.29 is 4.74 Å². The third kappa shape index (κ3) is 3.38. The van der Waals surface area contributed by atoms with Crippen LogP contribution in [0, 0.1) is 6.92 Å². The van der Waals surface area contributed by atoms with Gasteiger partial charge in [0.15, 0.2) is 0 Å². The largest absolute Gasteiger partial charge is 0.456 e. The molecule has 19 heavy (non-hydrogen) atoms. The number of ether oxygens (including phenoxy) is 1. The van der Waals surface area contributed by atoms with Gasteiger partial charge >= 0.3 is 0 Å². The summed E-state index contributed by atoms with van der Waals surface area (Å²) in [6.45, 7) is 1.91. The van der Waals surface area contributed by atoms with Crippen LogP contribution >= 0.6 is 35.4 Å². The smallest absolute Gasteiger partial charge is 0.137 e. The molecule has 0 unspecified atom stereocenters. The van der Waals surface area contributed by atoms with Crippen LogP contribution in [0.4, 0.5) is 0 Å². The number of benzene rings is 2. The van der Waals surface area contributed by atoms with E-state index >= 15 is 0 Å². The standard InChI is InChI=1S/C14H11Cl2NOS/c1-8-6-9(15)2-4-12(8)18-13-5-3-10(16)7-11(13)14(17)19/h2-7H,1H3,(H2,17,19). The van der Waals surface area contributed by atoms with Crippen molar-refractivity contribution in [3.8, 4) is 11.5 Å². The molecule has 0 heterocycles. The molecule has 0 aliphatic heterocycles. The van der Waals surface area contributed by atoms with Gasteiger partial charge in [-0.15, -0.1) is 0 Å². The van der Waals surface area contributed by atoms with Crippen LogP contribution in [0.1, 0.15) is 11.1 Å². The molecule has 0 saturated carbocycles. The van der Waals surface area contributed by atoms with E-state index in [1.54, 1.807) is 30.3 Å². The zero-order chi connectivity index (χ0) is 14.0. The molecule has 0 amide bonds. The van der Waals surface area contributed by atoms with Crippen molar-refractivity contribution in [2.45, 2.75) is 6.92 Å². The second kappa shape index (κ2) is 5.78. The third-order valence-corrected chi connectivity index (χ3v) is 3.25. The Morgan fingerprint density at radius 3 is 2.21 bits per heavy atom. The molecule has 0 fully saturated rings. The summed E-state index contributed by atoms with van der Waals surface area (Å²) in [4.78, 5) is 0.240. The lowest BCUT2D eigenvalue weighted by Gasteiger charge is -2.12. The van der Waals surface area contributed by atoms with Gasteiger partial charge in [-0.3, -0.25) is 0 Å². The second-order valence-electron chi connectivity index (χ2n) is 4.02. The Labute approximate surface area is 127 Å². The monoisotopic (exact) mass is 311 g/mol. The molecule has 0 aliphatic carbocycles. The molecule has 0 aromatic heterocycles. The molecule has 5 heteroatoms. The molecule has 98 valence electrons. The summed E-state index contributed by atoms with van der Waals surface area (Å²) < 4.78 is 5.83. The van der Waals surface area contributed by atoms with E-state index in [9.17, 15) is 0 Å². The van der Waals surface area contributed by atoms with E-state index in [0.717, 1.165) is 5.56 Å². The summed E-state index contributed by atoms with van der Waals surface area (Å²) in [6, 6.07) is 10.5. The molecule has 0 radical (unpaired) electrons. The molecule has 2 aromatic carbocycles. The molecule has 2 nitrogen and oxygen atoms in total. The SMILES string of the molecule is Cc1cc(Cl)ccc1Oc1ccc(Cl)cc1C(N)=S. The number of hydrogen-bond donors (Lipinski definition) is 1. The normalized spacial score (nSPS) is 10.3. The fourth-order valence-corrected chi connectivity index (χ4v) is 2.19. The summed E-state index contributed by atoms with van der Waals surface area (Å²) >= 11 is 16.8. The van der Waals surface area contributed by atoms with Gasteiger partial charge in [-0.05, 0) is 48.9 Å². The summed E-state index contributed by atoms with van der Waals surface area (Å²) in [5, 5.41) is 1.22. The molecule has 0 bridgehead atoms. The molecule has 2 aromatic rings. The number of halogens is 2. The van der Waals surface area contributed by atoms with Gasteiger partial charge < -0.3 is 10.5 Å². The van der Waals surface area contributed by atoms with Gasteiger partial charge in [-0.1, -0.05) is 35.4 Å². The molecule has 0 spiro atoms. The summed E-state index contributed by atoms with van der Waals surface area (Å²) in [5.74, 6) is 1.27. The minimum atomic E-state index is 0.240. The van der Waals surface area contributed by atoms with Crippen molar-refractivity contribution in [1.82, 2.24) is 0 Å². The van der Waals surface area contributed by atoms with E-state index in [1.165, 1.54) is 0 Å². The van der Waals surface area contributed by atoms with E-state index in [2.05, 4.69) is 0 Å². The van der Waals surface area contributed by atoms with Crippen LogP contribution in [-0.2, 0) is 0 Å². The maximum Gasteiger partial charge on any atom is 0.137 e. The molecule has 2 rings (SSSR count). The van der Waals surface area contributed by atoms with Crippen LogP contribution in [0.2, 0.25) is 10.0 Å². The van der Waals surface area contributed by atoms with Crippen molar-refractivity contribution >= 4 is 40.4 Å². The van der Waals surface area contributed by atoms with Crippen molar-refractivity contribution in [2.75, 3.05) is 0 Å². The molecule has 0 aliphatic rings. The zero-order valence-corrected chi connectivity index (χ0v) is 12.4. The highest BCUT2D eigenvalue weighted by molar-refractivity contribution is 7.80. The zero-order valence-electron chi connectivity index (χ0n) is 10.1. The van der Waals surface area contributed by atoms with Crippen LogP contribution in [0.15, 0.2) is 36.4 Å². The van der Waals surface area contributed by atoms with Crippen molar-refractivity contribution in [2.24, 2.45) is 5.73 Å². The summed E-state index contributed by atoms with van der Waals surface area (Å²) in [5.41, 5.74) is 7.21. The van der Waals surface area contributed by atoms with Crippen LogP contribution < -0.4 is 10.5 Å². The first-order chi connectivity index (χ1) is 8.97. The van der Waals surface area contributed by atoms with Crippen molar-refractivity contribution in [3.63, 3.8) is 0 Å². The lowest BCUT2D eigenvalue weighted by atomic mass is 10.2. The molecule has 2 N–H and O–H groups in total. The fraction of sp³-hybridized carbons (Fsp3) is 0.0714. The summed E-state index contributed by atoms with van der Waals surface area (Å²) in [6.07, 6.45) is 0. The fourth-order valence-electron chi connectivity index (χ4n) is 1.63. The Morgan fingerprint density at radius 2 is 1.63 bits per heavy atom. The van der Waals surface area contributed by atoms with Crippen molar-refractivity contribution in [3.05, 3.63) is 57.6 Å². The topological polar surface area (TPSA) is 35.2 Å². The van der Waals surface area contributed by atoms with Crippen LogP contribution in [-0.4, -0.2) is 4.99 Å². The Morgan fingerprint density at radius 1 is 1.05 bits per heavy atom. The van der Waals surface area contributed by atoms with E-state index < -0.39 is 0 Å². The van der Waals surface area contributed by atoms with Crippen LogP contribution in [0.5, 0.6) is 11.5 Å². The average molecular weight is 312 g/mol. The average Bonchev–Trinajstić information content (AvgIpc) is 2.34. The molecule has 0 atom stereocenters. The third-order valence-electron chi connectivity index (χ3n) is 2.56. The number of nitrogens with two attached hydrogens (primary N) is 1. The van der Waals surface area contributed by atoms with Gasteiger partial charge in [-0.2, -0.15) is 0 Å². The maximum atomic E-state index is 5.93. The highest BCUT2D eigenvalue weighted by Gasteiger charge is 2.10. The van der Waals surface area contributed by atoms with E-state index in [4.69, 9.17) is 45.9 Å². The van der Waals surface area contributed by atoms with E-state index in [1.807, 2.05) is 13.0 Å². The van der Waals surface area contributed by atoms with E-state index in [0.29, 0.717) is 27.1 Å². The van der Waals surface area contributed by atoms with E-state index in [-0.39, 0.29) is 4.99 Å². The predicted molar refractivity (Wildman–Crippen MR) is 83.6 cm³/mol. The highest BCUT2D eigenvalue weighted by atomic mass is 35.5. The quantitative estimate of drug-likeness (QED) is 0.832. The summed E-state index contributed by atoms with van der Waals surface area (Å²) in [7, 11) is 0. The van der Waals surface area contributed by atoms with Gasteiger partial charge in [0.1, 0.15) is 16.5 Å². The number of thiocarbonyl (C=S) groups is 1.